The van der Waals surface area contributed by atoms with Crippen molar-refractivity contribution < 1.29 is 0 Å². The molecule has 6 heteroatoms. The molecule has 0 aliphatic heterocycles. The number of hydrogen-bond acceptors (Lipinski definition) is 4. The van der Waals surface area contributed by atoms with E-state index in [2.05, 4.69) is 47.6 Å². The molecule has 0 unspecified atom stereocenters. The lowest BCUT2D eigenvalue weighted by atomic mass is 10.1. The van der Waals surface area contributed by atoms with E-state index >= 15 is 0 Å². The highest BCUT2D eigenvalue weighted by atomic mass is 15.3. The second-order valence-corrected chi connectivity index (χ2v) is 6.11. The normalized spacial score (nSPS) is 12.1. The predicted molar refractivity (Wildman–Crippen MR) is 80.8 cm³/mol. The van der Waals surface area contributed by atoms with Crippen molar-refractivity contribution in [2.24, 2.45) is 0 Å². The standard InChI is InChI=1S/C15H20N6/c1-15(2,3)21-11-12(9-17-21)8-16-10-14-19-18-13-6-4-5-7-20(13)14/h4-7,9,11,16H,8,10H2,1-3H3. The number of nitrogens with one attached hydrogen (secondary N) is 1. The number of rotatable bonds is 4. The minimum absolute atomic E-state index is 0.0153. The molecule has 0 atom stereocenters. The molecule has 21 heavy (non-hydrogen) atoms. The molecule has 110 valence electrons. The SMILES string of the molecule is CC(C)(C)n1cc(CNCc2nnc3ccccn23)cn1. The molecule has 0 radical (unpaired) electrons. The first kappa shape index (κ1) is 13.8. The van der Waals surface area contributed by atoms with Crippen LogP contribution in [0.15, 0.2) is 36.8 Å². The highest BCUT2D eigenvalue weighted by Crippen LogP contribution is 2.13. The van der Waals surface area contributed by atoms with Crippen molar-refractivity contribution in [3.05, 3.63) is 48.2 Å². The Labute approximate surface area is 123 Å². The molecule has 0 saturated carbocycles. The van der Waals surface area contributed by atoms with Gasteiger partial charge in [0.15, 0.2) is 11.5 Å². The van der Waals surface area contributed by atoms with E-state index in [9.17, 15) is 0 Å². The molecule has 3 rings (SSSR count). The molecule has 0 fully saturated rings. The van der Waals surface area contributed by atoms with Gasteiger partial charge in [-0.2, -0.15) is 5.10 Å². The molecule has 0 aromatic carbocycles. The third-order valence-corrected chi connectivity index (χ3v) is 3.32. The van der Waals surface area contributed by atoms with Gasteiger partial charge < -0.3 is 5.32 Å². The Morgan fingerprint density at radius 2 is 2.00 bits per heavy atom. The molecular weight excluding hydrogens is 264 g/mol. The van der Waals surface area contributed by atoms with E-state index in [1.807, 2.05) is 39.7 Å². The Balaban J connectivity index is 1.62. The maximum atomic E-state index is 4.40. The Morgan fingerprint density at radius 1 is 1.14 bits per heavy atom. The van der Waals surface area contributed by atoms with Gasteiger partial charge in [-0.3, -0.25) is 9.08 Å². The van der Waals surface area contributed by atoms with E-state index in [4.69, 9.17) is 0 Å². The molecule has 3 aromatic rings. The minimum atomic E-state index is 0.0153. The van der Waals surface area contributed by atoms with Crippen LogP contribution >= 0.6 is 0 Å². The summed E-state index contributed by atoms with van der Waals surface area (Å²) in [6.07, 6.45) is 5.96. The average molecular weight is 284 g/mol. The number of hydrogen-bond donors (Lipinski definition) is 1. The summed E-state index contributed by atoms with van der Waals surface area (Å²) in [5.41, 5.74) is 2.05. The quantitative estimate of drug-likeness (QED) is 0.795. The number of aromatic nitrogens is 5. The van der Waals surface area contributed by atoms with Gasteiger partial charge >= 0.3 is 0 Å². The zero-order valence-electron chi connectivity index (χ0n) is 12.6. The van der Waals surface area contributed by atoms with Gasteiger partial charge in [0.2, 0.25) is 0 Å². The number of fused-ring (bicyclic) bond motifs is 1. The van der Waals surface area contributed by atoms with E-state index in [1.165, 1.54) is 5.56 Å². The highest BCUT2D eigenvalue weighted by Gasteiger charge is 2.13. The third-order valence-electron chi connectivity index (χ3n) is 3.32. The summed E-state index contributed by atoms with van der Waals surface area (Å²) in [7, 11) is 0. The van der Waals surface area contributed by atoms with Crippen LogP contribution in [-0.4, -0.2) is 24.4 Å². The van der Waals surface area contributed by atoms with Crippen LogP contribution in [-0.2, 0) is 18.6 Å². The van der Waals surface area contributed by atoms with Crippen LogP contribution in [0.3, 0.4) is 0 Å². The van der Waals surface area contributed by atoms with Gasteiger partial charge in [0.25, 0.3) is 0 Å². The summed E-state index contributed by atoms with van der Waals surface area (Å²) in [6, 6.07) is 5.89. The van der Waals surface area contributed by atoms with E-state index < -0.39 is 0 Å². The van der Waals surface area contributed by atoms with Crippen LogP contribution in [0, 0.1) is 0 Å². The van der Waals surface area contributed by atoms with Crippen molar-refractivity contribution >= 4 is 5.65 Å². The van der Waals surface area contributed by atoms with Gasteiger partial charge in [0.1, 0.15) is 0 Å². The van der Waals surface area contributed by atoms with Gasteiger partial charge in [0, 0.05) is 24.5 Å². The van der Waals surface area contributed by atoms with Crippen molar-refractivity contribution in [2.75, 3.05) is 0 Å². The first-order valence-corrected chi connectivity index (χ1v) is 7.07. The fraction of sp³-hybridized carbons (Fsp3) is 0.400. The fourth-order valence-corrected chi connectivity index (χ4v) is 2.15. The van der Waals surface area contributed by atoms with Gasteiger partial charge in [-0.05, 0) is 32.9 Å². The number of nitrogens with zero attached hydrogens (tertiary/aromatic N) is 5. The minimum Gasteiger partial charge on any atom is -0.306 e. The second kappa shape index (κ2) is 5.29. The molecule has 3 heterocycles. The summed E-state index contributed by atoms with van der Waals surface area (Å²) in [5.74, 6) is 0.911. The van der Waals surface area contributed by atoms with E-state index in [-0.39, 0.29) is 5.54 Å². The molecule has 0 spiro atoms. The maximum Gasteiger partial charge on any atom is 0.160 e. The monoisotopic (exact) mass is 284 g/mol. The largest absolute Gasteiger partial charge is 0.306 e. The Morgan fingerprint density at radius 3 is 2.76 bits per heavy atom. The molecule has 0 saturated heterocycles. The molecular formula is C15H20N6. The van der Waals surface area contributed by atoms with Crippen LogP contribution in [0.1, 0.15) is 32.2 Å². The van der Waals surface area contributed by atoms with E-state index in [1.54, 1.807) is 0 Å². The summed E-state index contributed by atoms with van der Waals surface area (Å²) in [6.45, 7) is 7.85. The van der Waals surface area contributed by atoms with Gasteiger partial charge in [-0.15, -0.1) is 10.2 Å². The summed E-state index contributed by atoms with van der Waals surface area (Å²) >= 11 is 0. The predicted octanol–water partition coefficient (Wildman–Crippen LogP) is 1.97. The molecule has 0 bridgehead atoms. The summed E-state index contributed by atoms with van der Waals surface area (Å²) in [4.78, 5) is 0. The van der Waals surface area contributed by atoms with Gasteiger partial charge in [-0.25, -0.2) is 0 Å². The average Bonchev–Trinajstić information content (AvgIpc) is 3.06. The third kappa shape index (κ3) is 2.95. The van der Waals surface area contributed by atoms with Crippen LogP contribution in [0.5, 0.6) is 0 Å². The smallest absolute Gasteiger partial charge is 0.160 e. The number of pyridine rings is 1. The Kier molecular flexibility index (Phi) is 3.47. The van der Waals surface area contributed by atoms with Crippen LogP contribution in [0.2, 0.25) is 0 Å². The summed E-state index contributed by atoms with van der Waals surface area (Å²) < 4.78 is 3.97. The lowest BCUT2D eigenvalue weighted by Gasteiger charge is -2.18. The lowest BCUT2D eigenvalue weighted by molar-refractivity contribution is 0.355. The first-order valence-electron chi connectivity index (χ1n) is 7.07. The van der Waals surface area contributed by atoms with Gasteiger partial charge in [0.05, 0.1) is 18.3 Å². The van der Waals surface area contributed by atoms with Crippen molar-refractivity contribution in [3.8, 4) is 0 Å². The first-order chi connectivity index (χ1) is 10.0. The zero-order chi connectivity index (χ0) is 14.9. The van der Waals surface area contributed by atoms with Crippen LogP contribution < -0.4 is 5.32 Å². The molecule has 0 aliphatic carbocycles. The fourth-order valence-electron chi connectivity index (χ4n) is 2.15. The van der Waals surface area contributed by atoms with Crippen molar-refractivity contribution in [1.82, 2.24) is 29.7 Å². The molecule has 0 amide bonds. The van der Waals surface area contributed by atoms with E-state index in [0.29, 0.717) is 6.54 Å². The van der Waals surface area contributed by atoms with E-state index in [0.717, 1.165) is 18.0 Å². The van der Waals surface area contributed by atoms with Crippen molar-refractivity contribution in [1.29, 1.82) is 0 Å². The lowest BCUT2D eigenvalue weighted by Crippen LogP contribution is -2.22. The topological polar surface area (TPSA) is 60.0 Å². The molecule has 0 aliphatic rings. The Hall–Kier alpha value is -2.21. The Bertz CT molecular complexity index is 734. The molecule has 6 nitrogen and oxygen atoms in total. The second-order valence-electron chi connectivity index (χ2n) is 6.11. The maximum absolute atomic E-state index is 4.40. The van der Waals surface area contributed by atoms with Crippen molar-refractivity contribution in [2.45, 2.75) is 39.4 Å². The van der Waals surface area contributed by atoms with Crippen LogP contribution in [0.4, 0.5) is 0 Å². The van der Waals surface area contributed by atoms with Gasteiger partial charge in [-0.1, -0.05) is 6.07 Å². The van der Waals surface area contributed by atoms with Crippen LogP contribution in [0.25, 0.3) is 5.65 Å². The van der Waals surface area contributed by atoms with Crippen molar-refractivity contribution in [3.63, 3.8) is 0 Å². The molecule has 3 aromatic heterocycles. The highest BCUT2D eigenvalue weighted by molar-refractivity contribution is 5.36. The summed E-state index contributed by atoms with van der Waals surface area (Å²) in [5, 5.41) is 16.1. The molecule has 1 N–H and O–H groups in total. The zero-order valence-corrected chi connectivity index (χ0v) is 12.6.